The van der Waals surface area contributed by atoms with Crippen LogP contribution in [0.1, 0.15) is 11.3 Å². The lowest BCUT2D eigenvalue weighted by molar-refractivity contribution is 0.414. The molecule has 0 bridgehead atoms. The molecule has 0 unspecified atom stereocenters. The van der Waals surface area contributed by atoms with Crippen LogP contribution in [0.2, 0.25) is 0 Å². The Bertz CT molecular complexity index is 1070. The summed E-state index contributed by atoms with van der Waals surface area (Å²) in [4.78, 5) is 4.79. The number of ether oxygens (including phenoxy) is 1. The Hall–Kier alpha value is -2.99. The van der Waals surface area contributed by atoms with Gasteiger partial charge in [0.05, 0.1) is 24.2 Å². The summed E-state index contributed by atoms with van der Waals surface area (Å²) in [5.41, 5.74) is 5.99. The largest absolute Gasteiger partial charge is 0.497 e. The zero-order chi connectivity index (χ0) is 18.1. The number of methoxy groups -OCH3 is 1. The third kappa shape index (κ3) is 2.88. The van der Waals surface area contributed by atoms with E-state index in [2.05, 4.69) is 34.7 Å². The molecule has 0 radical (unpaired) electrons. The van der Waals surface area contributed by atoms with Gasteiger partial charge in [-0.15, -0.1) is 16.4 Å². The molecule has 4 rings (SSSR count). The van der Waals surface area contributed by atoms with E-state index in [0.29, 0.717) is 0 Å². The van der Waals surface area contributed by atoms with Gasteiger partial charge in [-0.05, 0) is 31.5 Å². The molecule has 130 valence electrons. The van der Waals surface area contributed by atoms with Crippen molar-refractivity contribution in [1.29, 1.82) is 0 Å². The average Bonchev–Trinajstić information content (AvgIpc) is 3.29. The van der Waals surface area contributed by atoms with Crippen molar-refractivity contribution in [1.82, 2.24) is 20.0 Å². The molecule has 0 spiro atoms. The Labute approximate surface area is 155 Å². The van der Waals surface area contributed by atoms with Crippen molar-refractivity contribution in [2.75, 3.05) is 7.11 Å². The fraction of sp³-hybridized carbons (Fsp3) is 0.150. The van der Waals surface area contributed by atoms with E-state index in [0.717, 1.165) is 39.1 Å². The quantitative estimate of drug-likeness (QED) is 0.529. The predicted octanol–water partition coefficient (Wildman–Crippen LogP) is 4.68. The van der Waals surface area contributed by atoms with Crippen LogP contribution in [-0.4, -0.2) is 27.1 Å². The molecule has 0 aliphatic carbocycles. The molecule has 0 fully saturated rings. The lowest BCUT2D eigenvalue weighted by atomic mass is 10.1. The van der Waals surface area contributed by atoms with Gasteiger partial charge in [-0.3, -0.25) is 0 Å². The van der Waals surface area contributed by atoms with Gasteiger partial charge in [0.15, 0.2) is 0 Å². The van der Waals surface area contributed by atoms with Crippen LogP contribution < -0.4 is 4.74 Å². The molecule has 26 heavy (non-hydrogen) atoms. The zero-order valence-corrected chi connectivity index (χ0v) is 15.6. The second-order valence-electron chi connectivity index (χ2n) is 5.99. The molecule has 2 aromatic carbocycles. The van der Waals surface area contributed by atoms with E-state index in [9.17, 15) is 0 Å². The first kappa shape index (κ1) is 16.5. The molecule has 0 aliphatic rings. The minimum Gasteiger partial charge on any atom is -0.497 e. The molecular formula is C20H18N4OS. The van der Waals surface area contributed by atoms with Crippen LogP contribution in [0.4, 0.5) is 0 Å². The van der Waals surface area contributed by atoms with Crippen molar-refractivity contribution in [2.45, 2.75) is 13.8 Å². The zero-order valence-electron chi connectivity index (χ0n) is 14.8. The van der Waals surface area contributed by atoms with Crippen LogP contribution >= 0.6 is 11.3 Å². The summed E-state index contributed by atoms with van der Waals surface area (Å²) in [7, 11) is 1.65. The van der Waals surface area contributed by atoms with Gasteiger partial charge in [0.2, 0.25) is 0 Å². The Morgan fingerprint density at radius 3 is 2.69 bits per heavy atom. The Morgan fingerprint density at radius 2 is 1.88 bits per heavy atom. The summed E-state index contributed by atoms with van der Waals surface area (Å²) in [6.45, 7) is 4.10. The summed E-state index contributed by atoms with van der Waals surface area (Å²) in [5, 5.41) is 11.6. The predicted molar refractivity (Wildman–Crippen MR) is 104 cm³/mol. The minimum absolute atomic E-state index is 0.787. The van der Waals surface area contributed by atoms with Crippen LogP contribution in [0, 0.1) is 13.8 Å². The lowest BCUT2D eigenvalue weighted by Crippen LogP contribution is -1.99. The highest BCUT2D eigenvalue weighted by Gasteiger charge is 2.16. The number of nitrogens with zero attached hydrogens (tertiary/aromatic N) is 4. The van der Waals surface area contributed by atoms with Crippen molar-refractivity contribution in [2.24, 2.45) is 0 Å². The van der Waals surface area contributed by atoms with Gasteiger partial charge in [0, 0.05) is 17.0 Å². The topological polar surface area (TPSA) is 52.8 Å². The fourth-order valence-corrected chi connectivity index (χ4v) is 3.73. The Morgan fingerprint density at radius 1 is 1.04 bits per heavy atom. The molecule has 4 aromatic rings. The van der Waals surface area contributed by atoms with Crippen LogP contribution in [0.15, 0.2) is 53.9 Å². The monoisotopic (exact) mass is 362 g/mol. The van der Waals surface area contributed by atoms with Crippen LogP contribution in [0.25, 0.3) is 27.6 Å². The molecule has 0 saturated heterocycles. The molecule has 2 heterocycles. The number of hydrogen-bond donors (Lipinski definition) is 0. The second-order valence-corrected chi connectivity index (χ2v) is 6.85. The maximum Gasteiger partial charge on any atom is 0.146 e. The van der Waals surface area contributed by atoms with Gasteiger partial charge in [-0.25, -0.2) is 9.67 Å². The molecule has 0 aliphatic heterocycles. The van der Waals surface area contributed by atoms with E-state index in [4.69, 9.17) is 9.72 Å². The molecule has 0 N–H and O–H groups in total. The Balaban J connectivity index is 1.72. The van der Waals surface area contributed by atoms with E-state index in [-0.39, 0.29) is 0 Å². The summed E-state index contributed by atoms with van der Waals surface area (Å²) in [5.74, 6) is 0.787. The van der Waals surface area contributed by atoms with E-state index >= 15 is 0 Å². The number of hydrogen-bond acceptors (Lipinski definition) is 5. The standard InChI is InChI=1S/C20H18N4OS/c1-13-7-4-5-10-17(13)18-12-26-20(21-18)19-14(2)24(23-22-19)15-8-6-9-16(11-15)25-3/h4-12H,1-3H3. The number of aromatic nitrogens is 4. The maximum absolute atomic E-state index is 5.30. The fourth-order valence-electron chi connectivity index (χ4n) is 2.88. The van der Waals surface area contributed by atoms with Crippen molar-refractivity contribution < 1.29 is 4.74 Å². The highest BCUT2D eigenvalue weighted by atomic mass is 32.1. The molecule has 5 nitrogen and oxygen atoms in total. The van der Waals surface area contributed by atoms with E-state index in [1.807, 2.05) is 48.0 Å². The van der Waals surface area contributed by atoms with E-state index < -0.39 is 0 Å². The molecule has 0 amide bonds. The smallest absolute Gasteiger partial charge is 0.146 e. The van der Waals surface area contributed by atoms with Crippen LogP contribution in [0.5, 0.6) is 5.75 Å². The first-order chi connectivity index (χ1) is 12.7. The van der Waals surface area contributed by atoms with Gasteiger partial charge in [0.25, 0.3) is 0 Å². The van der Waals surface area contributed by atoms with Crippen LogP contribution in [-0.2, 0) is 0 Å². The normalized spacial score (nSPS) is 10.9. The molecule has 0 saturated carbocycles. The van der Waals surface area contributed by atoms with Crippen molar-refractivity contribution in [3.8, 4) is 33.4 Å². The van der Waals surface area contributed by atoms with E-state index in [1.54, 1.807) is 18.4 Å². The number of rotatable bonds is 4. The summed E-state index contributed by atoms with van der Waals surface area (Å²) in [6.07, 6.45) is 0. The van der Waals surface area contributed by atoms with Crippen LogP contribution in [0.3, 0.4) is 0 Å². The summed E-state index contributed by atoms with van der Waals surface area (Å²) >= 11 is 1.58. The lowest BCUT2D eigenvalue weighted by Gasteiger charge is -2.05. The summed E-state index contributed by atoms with van der Waals surface area (Å²) < 4.78 is 7.11. The average molecular weight is 362 g/mol. The highest BCUT2D eigenvalue weighted by molar-refractivity contribution is 7.13. The Kier molecular flexibility index (Phi) is 4.26. The first-order valence-electron chi connectivity index (χ1n) is 8.26. The van der Waals surface area contributed by atoms with Gasteiger partial charge in [-0.1, -0.05) is 35.5 Å². The van der Waals surface area contributed by atoms with Crippen molar-refractivity contribution in [3.05, 3.63) is 65.2 Å². The van der Waals surface area contributed by atoms with Gasteiger partial charge in [-0.2, -0.15) is 0 Å². The number of thiazole rings is 1. The minimum atomic E-state index is 0.787. The third-order valence-electron chi connectivity index (χ3n) is 4.32. The van der Waals surface area contributed by atoms with Crippen molar-refractivity contribution in [3.63, 3.8) is 0 Å². The van der Waals surface area contributed by atoms with Gasteiger partial charge < -0.3 is 4.74 Å². The van der Waals surface area contributed by atoms with Crippen molar-refractivity contribution >= 4 is 11.3 Å². The van der Waals surface area contributed by atoms with Gasteiger partial charge in [0.1, 0.15) is 16.5 Å². The molecule has 2 aromatic heterocycles. The van der Waals surface area contributed by atoms with Gasteiger partial charge >= 0.3 is 0 Å². The summed E-state index contributed by atoms with van der Waals surface area (Å²) in [6, 6.07) is 16.0. The SMILES string of the molecule is COc1cccc(-n2nnc(-c3nc(-c4ccccc4C)cs3)c2C)c1. The molecule has 0 atom stereocenters. The second kappa shape index (κ2) is 6.72. The number of aryl methyl sites for hydroxylation is 1. The highest BCUT2D eigenvalue weighted by Crippen LogP contribution is 2.31. The third-order valence-corrected chi connectivity index (χ3v) is 5.17. The molecular weight excluding hydrogens is 344 g/mol. The maximum atomic E-state index is 5.30. The molecule has 6 heteroatoms. The first-order valence-corrected chi connectivity index (χ1v) is 9.14. The number of benzene rings is 2. The van der Waals surface area contributed by atoms with E-state index in [1.165, 1.54) is 5.56 Å².